The average Bonchev–Trinajstić information content (AvgIpc) is 2.73. The third-order valence-electron chi connectivity index (χ3n) is 3.86. The van der Waals surface area contributed by atoms with E-state index in [0.29, 0.717) is 35.2 Å². The van der Waals surface area contributed by atoms with Crippen LogP contribution in [0.3, 0.4) is 0 Å². The second-order valence-electron chi connectivity index (χ2n) is 5.65. The zero-order valence-electron chi connectivity index (χ0n) is 15.1. The van der Waals surface area contributed by atoms with Crippen molar-refractivity contribution in [2.45, 2.75) is 6.54 Å². The molecule has 0 atom stereocenters. The minimum Gasteiger partial charge on any atom is -0.497 e. The first-order valence-corrected chi connectivity index (χ1v) is 8.33. The van der Waals surface area contributed by atoms with Crippen LogP contribution in [0.15, 0.2) is 60.9 Å². The summed E-state index contributed by atoms with van der Waals surface area (Å²) in [6.45, 7) is 0.445. The van der Waals surface area contributed by atoms with Gasteiger partial charge in [0.2, 0.25) is 5.95 Å². The van der Waals surface area contributed by atoms with Gasteiger partial charge in [-0.15, -0.1) is 0 Å². The van der Waals surface area contributed by atoms with Gasteiger partial charge in [0.1, 0.15) is 11.5 Å². The van der Waals surface area contributed by atoms with E-state index < -0.39 is 0 Å². The molecule has 3 rings (SSSR count). The Labute approximate surface area is 157 Å². The Kier molecular flexibility index (Phi) is 5.84. The molecule has 0 saturated carbocycles. The van der Waals surface area contributed by atoms with Gasteiger partial charge in [-0.25, -0.2) is 9.97 Å². The summed E-state index contributed by atoms with van der Waals surface area (Å²) in [5, 5.41) is 5.91. The van der Waals surface area contributed by atoms with Crippen LogP contribution < -0.4 is 20.1 Å². The van der Waals surface area contributed by atoms with Crippen LogP contribution in [0.4, 0.5) is 11.6 Å². The van der Waals surface area contributed by atoms with Crippen molar-refractivity contribution in [2.24, 2.45) is 0 Å². The first kappa shape index (κ1) is 18.2. The Morgan fingerprint density at radius 1 is 1.00 bits per heavy atom. The number of benzene rings is 2. The normalized spacial score (nSPS) is 10.1. The molecule has 1 heterocycles. The van der Waals surface area contributed by atoms with Crippen molar-refractivity contribution in [3.8, 4) is 11.5 Å². The van der Waals surface area contributed by atoms with E-state index in [2.05, 4.69) is 20.6 Å². The van der Waals surface area contributed by atoms with E-state index in [0.717, 1.165) is 5.56 Å². The second kappa shape index (κ2) is 8.66. The molecule has 0 aliphatic heterocycles. The van der Waals surface area contributed by atoms with Crippen LogP contribution in [0.2, 0.25) is 0 Å². The fourth-order valence-electron chi connectivity index (χ4n) is 2.42. The molecule has 0 unspecified atom stereocenters. The molecule has 138 valence electrons. The molecule has 0 saturated heterocycles. The second-order valence-corrected chi connectivity index (χ2v) is 5.65. The number of aromatic nitrogens is 2. The van der Waals surface area contributed by atoms with Gasteiger partial charge < -0.3 is 20.1 Å². The molecule has 1 amide bonds. The highest BCUT2D eigenvalue weighted by atomic mass is 16.5. The first-order chi connectivity index (χ1) is 13.2. The summed E-state index contributed by atoms with van der Waals surface area (Å²) in [6, 6.07) is 15.1. The van der Waals surface area contributed by atoms with E-state index >= 15 is 0 Å². The van der Waals surface area contributed by atoms with Crippen molar-refractivity contribution in [1.29, 1.82) is 0 Å². The van der Waals surface area contributed by atoms with Gasteiger partial charge in [-0.1, -0.05) is 30.3 Å². The Morgan fingerprint density at radius 2 is 1.74 bits per heavy atom. The number of ether oxygens (including phenoxy) is 2. The lowest BCUT2D eigenvalue weighted by Crippen LogP contribution is -2.23. The minimum atomic E-state index is -0.232. The van der Waals surface area contributed by atoms with Gasteiger partial charge in [0.25, 0.3) is 5.91 Å². The zero-order chi connectivity index (χ0) is 19.1. The Bertz CT molecular complexity index is 899. The minimum absolute atomic E-state index is 0.232. The molecule has 3 aromatic rings. The van der Waals surface area contributed by atoms with Gasteiger partial charge in [0.05, 0.1) is 25.5 Å². The van der Waals surface area contributed by atoms with Crippen LogP contribution in [-0.2, 0) is 6.54 Å². The van der Waals surface area contributed by atoms with Crippen LogP contribution in [-0.4, -0.2) is 30.1 Å². The highest BCUT2D eigenvalue weighted by Gasteiger charge is 2.10. The molecule has 2 aromatic carbocycles. The van der Waals surface area contributed by atoms with Gasteiger partial charge in [0.15, 0.2) is 0 Å². The van der Waals surface area contributed by atoms with Gasteiger partial charge >= 0.3 is 0 Å². The summed E-state index contributed by atoms with van der Waals surface area (Å²) >= 11 is 0. The molecule has 0 bridgehead atoms. The molecule has 0 spiro atoms. The smallest absolute Gasteiger partial charge is 0.254 e. The lowest BCUT2D eigenvalue weighted by molar-refractivity contribution is 0.0950. The van der Waals surface area contributed by atoms with Crippen LogP contribution in [0, 0.1) is 0 Å². The van der Waals surface area contributed by atoms with Gasteiger partial charge in [-0.05, 0) is 17.7 Å². The number of anilines is 2. The fourth-order valence-corrected chi connectivity index (χ4v) is 2.42. The van der Waals surface area contributed by atoms with Crippen LogP contribution in [0.5, 0.6) is 11.5 Å². The molecule has 1 aromatic heterocycles. The predicted octanol–water partition coefficient (Wildman–Crippen LogP) is 3.17. The Balaban J connectivity index is 1.66. The topological polar surface area (TPSA) is 85.4 Å². The van der Waals surface area contributed by atoms with E-state index in [-0.39, 0.29) is 5.91 Å². The molecule has 0 radical (unpaired) electrons. The van der Waals surface area contributed by atoms with Crippen molar-refractivity contribution < 1.29 is 14.3 Å². The Morgan fingerprint density at radius 3 is 2.41 bits per heavy atom. The highest BCUT2D eigenvalue weighted by molar-refractivity contribution is 5.93. The maximum Gasteiger partial charge on any atom is 0.254 e. The van der Waals surface area contributed by atoms with Crippen LogP contribution in [0.1, 0.15) is 15.9 Å². The number of carbonyl (C=O) groups is 1. The average molecular weight is 364 g/mol. The Hall–Kier alpha value is -3.61. The highest BCUT2D eigenvalue weighted by Crippen LogP contribution is 2.30. The predicted molar refractivity (Wildman–Crippen MR) is 102 cm³/mol. The summed E-state index contributed by atoms with van der Waals surface area (Å²) < 4.78 is 10.5. The number of nitrogens with zero attached hydrogens (tertiary/aromatic N) is 2. The van der Waals surface area contributed by atoms with E-state index in [9.17, 15) is 4.79 Å². The van der Waals surface area contributed by atoms with Crippen molar-refractivity contribution in [3.63, 3.8) is 0 Å². The van der Waals surface area contributed by atoms with Crippen LogP contribution in [0.25, 0.3) is 0 Å². The maximum atomic E-state index is 12.2. The number of rotatable bonds is 7. The van der Waals surface area contributed by atoms with Crippen molar-refractivity contribution >= 4 is 17.5 Å². The number of hydrogen-bond donors (Lipinski definition) is 2. The summed E-state index contributed by atoms with van der Waals surface area (Å²) in [5.41, 5.74) is 2.07. The molecular weight excluding hydrogens is 344 g/mol. The fraction of sp³-hybridized carbons (Fsp3) is 0.150. The molecule has 2 N–H and O–H groups in total. The molecule has 0 fully saturated rings. The van der Waals surface area contributed by atoms with Gasteiger partial charge in [0, 0.05) is 25.0 Å². The molecule has 0 aliphatic rings. The lowest BCUT2D eigenvalue weighted by atomic mass is 10.2. The van der Waals surface area contributed by atoms with E-state index in [1.165, 1.54) is 12.4 Å². The number of nitrogens with one attached hydrogen (secondary N) is 2. The molecule has 27 heavy (non-hydrogen) atoms. The summed E-state index contributed by atoms with van der Waals surface area (Å²) in [7, 11) is 3.17. The van der Waals surface area contributed by atoms with E-state index in [1.54, 1.807) is 32.4 Å². The largest absolute Gasteiger partial charge is 0.497 e. The quantitative estimate of drug-likeness (QED) is 0.670. The standard InChI is InChI=1S/C20H20N4O3/c1-26-16-8-9-18(27-2)17(10-16)24-20-22-12-15(13-23-20)19(25)21-11-14-6-4-3-5-7-14/h3-10,12-13H,11H2,1-2H3,(H,21,25)(H,22,23,24). The lowest BCUT2D eigenvalue weighted by Gasteiger charge is -2.11. The number of amides is 1. The van der Waals surface area contributed by atoms with Crippen LogP contribution >= 0.6 is 0 Å². The van der Waals surface area contributed by atoms with E-state index in [4.69, 9.17) is 9.47 Å². The monoisotopic (exact) mass is 364 g/mol. The molecule has 7 nitrogen and oxygen atoms in total. The molecule has 0 aliphatic carbocycles. The third kappa shape index (κ3) is 4.72. The number of carbonyl (C=O) groups excluding carboxylic acids is 1. The van der Waals surface area contributed by atoms with Crippen molar-refractivity contribution in [1.82, 2.24) is 15.3 Å². The summed E-state index contributed by atoms with van der Waals surface area (Å²) in [6.07, 6.45) is 2.95. The number of hydrogen-bond acceptors (Lipinski definition) is 6. The number of methoxy groups -OCH3 is 2. The third-order valence-corrected chi connectivity index (χ3v) is 3.86. The summed E-state index contributed by atoms with van der Waals surface area (Å²) in [5.74, 6) is 1.42. The molecule has 7 heteroatoms. The van der Waals surface area contributed by atoms with E-state index in [1.807, 2.05) is 30.3 Å². The van der Waals surface area contributed by atoms with Crippen molar-refractivity contribution in [2.75, 3.05) is 19.5 Å². The molecular formula is C20H20N4O3. The SMILES string of the molecule is COc1ccc(OC)c(Nc2ncc(C(=O)NCc3ccccc3)cn2)c1. The summed E-state index contributed by atoms with van der Waals surface area (Å²) in [4.78, 5) is 20.6. The first-order valence-electron chi connectivity index (χ1n) is 8.33. The van der Waals surface area contributed by atoms with Crippen molar-refractivity contribution in [3.05, 3.63) is 72.1 Å². The zero-order valence-corrected chi connectivity index (χ0v) is 15.1. The van der Waals surface area contributed by atoms with Gasteiger partial charge in [-0.2, -0.15) is 0 Å². The van der Waals surface area contributed by atoms with Gasteiger partial charge in [-0.3, -0.25) is 4.79 Å². The maximum absolute atomic E-state index is 12.2.